The van der Waals surface area contributed by atoms with E-state index < -0.39 is 0 Å². The molecule has 0 aliphatic heterocycles. The average Bonchev–Trinajstić information content (AvgIpc) is 2.58. The molecule has 0 radical (unpaired) electrons. The molecule has 0 aliphatic rings. The fourth-order valence-corrected chi connectivity index (χ4v) is 2.85. The van der Waals surface area contributed by atoms with Crippen molar-refractivity contribution in [3.8, 4) is 5.75 Å². The van der Waals surface area contributed by atoms with Gasteiger partial charge >= 0.3 is 0 Å². The van der Waals surface area contributed by atoms with Crippen molar-refractivity contribution >= 4 is 6.08 Å². The lowest BCUT2D eigenvalue weighted by Crippen LogP contribution is -2.20. The quantitative estimate of drug-likeness (QED) is 0.804. The Morgan fingerprint density at radius 1 is 0.958 bits per heavy atom. The SMILES string of the molecule is C=Cc1ccc(C(C)(C)c2cc(COC)c(O)c(COC)c2)cc1. The van der Waals surface area contributed by atoms with Crippen LogP contribution in [-0.2, 0) is 28.1 Å². The third-order valence-corrected chi connectivity index (χ3v) is 4.46. The number of rotatable bonds is 7. The second-order valence-corrected chi connectivity index (χ2v) is 6.46. The zero-order chi connectivity index (χ0) is 17.7. The molecular weight excluding hydrogens is 300 g/mol. The Kier molecular flexibility index (Phi) is 5.81. The minimum atomic E-state index is -0.210. The lowest BCUT2D eigenvalue weighted by Gasteiger charge is -2.28. The molecule has 0 heterocycles. The second kappa shape index (κ2) is 7.65. The molecule has 3 nitrogen and oxygen atoms in total. The van der Waals surface area contributed by atoms with Gasteiger partial charge in [-0.05, 0) is 28.8 Å². The number of hydrogen-bond acceptors (Lipinski definition) is 3. The summed E-state index contributed by atoms with van der Waals surface area (Å²) in [7, 11) is 3.25. The van der Waals surface area contributed by atoms with Gasteiger partial charge in [-0.2, -0.15) is 0 Å². The fraction of sp³-hybridized carbons (Fsp3) is 0.333. The van der Waals surface area contributed by atoms with E-state index in [1.807, 2.05) is 18.2 Å². The van der Waals surface area contributed by atoms with Gasteiger partial charge in [0, 0.05) is 30.8 Å². The monoisotopic (exact) mass is 326 g/mol. The van der Waals surface area contributed by atoms with Crippen molar-refractivity contribution in [2.24, 2.45) is 0 Å². The lowest BCUT2D eigenvalue weighted by molar-refractivity contribution is 0.174. The van der Waals surface area contributed by atoms with Crippen LogP contribution in [0.4, 0.5) is 0 Å². The topological polar surface area (TPSA) is 38.7 Å². The summed E-state index contributed by atoms with van der Waals surface area (Å²) < 4.78 is 10.5. The second-order valence-electron chi connectivity index (χ2n) is 6.46. The van der Waals surface area contributed by atoms with E-state index in [0.29, 0.717) is 13.2 Å². The molecule has 1 N–H and O–H groups in total. The average molecular weight is 326 g/mol. The molecule has 0 saturated heterocycles. The molecule has 0 spiro atoms. The van der Waals surface area contributed by atoms with E-state index in [1.165, 1.54) is 5.56 Å². The third-order valence-electron chi connectivity index (χ3n) is 4.46. The molecule has 0 aromatic heterocycles. The largest absolute Gasteiger partial charge is 0.507 e. The van der Waals surface area contributed by atoms with Crippen LogP contribution in [0.15, 0.2) is 43.0 Å². The van der Waals surface area contributed by atoms with Crippen molar-refractivity contribution in [1.29, 1.82) is 0 Å². The number of benzene rings is 2. The van der Waals surface area contributed by atoms with Crippen LogP contribution in [0.25, 0.3) is 6.08 Å². The maximum atomic E-state index is 10.4. The first-order chi connectivity index (χ1) is 11.4. The third kappa shape index (κ3) is 3.69. The minimum Gasteiger partial charge on any atom is -0.507 e. The number of aromatic hydroxyl groups is 1. The molecule has 24 heavy (non-hydrogen) atoms. The van der Waals surface area contributed by atoms with Crippen molar-refractivity contribution < 1.29 is 14.6 Å². The van der Waals surface area contributed by atoms with E-state index >= 15 is 0 Å². The molecule has 0 saturated carbocycles. The fourth-order valence-electron chi connectivity index (χ4n) is 2.85. The van der Waals surface area contributed by atoms with Gasteiger partial charge in [0.15, 0.2) is 0 Å². The van der Waals surface area contributed by atoms with E-state index in [2.05, 4.69) is 44.7 Å². The standard InChI is InChI=1S/C21H26O3/c1-6-15-7-9-18(10-8-15)21(2,3)19-11-16(13-23-4)20(22)17(12-19)14-24-5/h6-12,22H,1,13-14H2,2-5H3. The van der Waals surface area contributed by atoms with Gasteiger partial charge in [0.1, 0.15) is 5.75 Å². The van der Waals surface area contributed by atoms with Gasteiger partial charge in [-0.15, -0.1) is 0 Å². The van der Waals surface area contributed by atoms with Crippen molar-refractivity contribution in [2.45, 2.75) is 32.5 Å². The zero-order valence-corrected chi connectivity index (χ0v) is 14.9. The Morgan fingerprint density at radius 3 is 1.88 bits per heavy atom. The lowest BCUT2D eigenvalue weighted by atomic mass is 9.77. The van der Waals surface area contributed by atoms with Crippen LogP contribution in [0.2, 0.25) is 0 Å². The van der Waals surface area contributed by atoms with Crippen molar-refractivity contribution in [1.82, 2.24) is 0 Å². The number of ether oxygens (including phenoxy) is 2. The molecule has 128 valence electrons. The van der Waals surface area contributed by atoms with Gasteiger partial charge in [0.2, 0.25) is 0 Å². The first-order valence-electron chi connectivity index (χ1n) is 8.00. The van der Waals surface area contributed by atoms with Gasteiger partial charge in [-0.25, -0.2) is 0 Å². The molecular formula is C21H26O3. The number of phenolic OH excluding ortho intramolecular Hbond substituents is 1. The molecule has 0 atom stereocenters. The van der Waals surface area contributed by atoms with E-state index in [9.17, 15) is 5.11 Å². The molecule has 0 fully saturated rings. The summed E-state index contributed by atoms with van der Waals surface area (Å²) in [6, 6.07) is 12.4. The van der Waals surface area contributed by atoms with Crippen molar-refractivity contribution in [2.75, 3.05) is 14.2 Å². The normalized spacial score (nSPS) is 11.5. The molecule has 3 heteroatoms. The predicted molar refractivity (Wildman–Crippen MR) is 98.2 cm³/mol. The number of methoxy groups -OCH3 is 2. The highest BCUT2D eigenvalue weighted by atomic mass is 16.5. The number of hydrogen-bond donors (Lipinski definition) is 1. The van der Waals surface area contributed by atoms with E-state index in [-0.39, 0.29) is 11.2 Å². The van der Waals surface area contributed by atoms with Crippen LogP contribution >= 0.6 is 0 Å². The van der Waals surface area contributed by atoms with Crippen molar-refractivity contribution in [3.63, 3.8) is 0 Å². The Morgan fingerprint density at radius 2 is 1.46 bits per heavy atom. The molecule has 2 rings (SSSR count). The molecule has 0 amide bonds. The highest BCUT2D eigenvalue weighted by molar-refractivity contribution is 5.51. The summed E-state index contributed by atoms with van der Waals surface area (Å²) in [6.07, 6.45) is 1.84. The Bertz CT molecular complexity index is 673. The van der Waals surface area contributed by atoms with Gasteiger partial charge < -0.3 is 14.6 Å². The Balaban J connectivity index is 2.52. The maximum absolute atomic E-state index is 10.4. The highest BCUT2D eigenvalue weighted by Crippen LogP contribution is 2.36. The summed E-state index contributed by atoms with van der Waals surface area (Å²) in [4.78, 5) is 0. The summed E-state index contributed by atoms with van der Waals surface area (Å²) in [5.74, 6) is 0.250. The molecule has 2 aromatic rings. The number of phenols is 1. The van der Waals surface area contributed by atoms with Gasteiger partial charge in [0.25, 0.3) is 0 Å². The molecule has 0 bridgehead atoms. The van der Waals surface area contributed by atoms with Crippen LogP contribution in [-0.4, -0.2) is 19.3 Å². The van der Waals surface area contributed by atoms with Gasteiger partial charge in [-0.3, -0.25) is 0 Å². The van der Waals surface area contributed by atoms with E-state index in [0.717, 1.165) is 22.3 Å². The van der Waals surface area contributed by atoms with Gasteiger partial charge in [-0.1, -0.05) is 50.8 Å². The Hall–Kier alpha value is -2.10. The summed E-state index contributed by atoms with van der Waals surface area (Å²) in [5, 5.41) is 10.4. The molecule has 0 aliphatic carbocycles. The Labute approximate surface area is 144 Å². The van der Waals surface area contributed by atoms with Crippen LogP contribution in [0.5, 0.6) is 5.75 Å². The van der Waals surface area contributed by atoms with Crippen molar-refractivity contribution in [3.05, 3.63) is 70.8 Å². The molecule has 0 unspecified atom stereocenters. The summed E-state index contributed by atoms with van der Waals surface area (Å²) >= 11 is 0. The van der Waals surface area contributed by atoms with E-state index in [4.69, 9.17) is 9.47 Å². The van der Waals surface area contributed by atoms with Crippen LogP contribution in [0, 0.1) is 0 Å². The first kappa shape index (κ1) is 18.2. The summed E-state index contributed by atoms with van der Waals surface area (Å²) in [5.41, 5.74) is 4.76. The summed E-state index contributed by atoms with van der Waals surface area (Å²) in [6.45, 7) is 8.88. The van der Waals surface area contributed by atoms with Gasteiger partial charge in [0.05, 0.1) is 13.2 Å². The van der Waals surface area contributed by atoms with Crippen LogP contribution in [0.1, 0.15) is 41.7 Å². The van der Waals surface area contributed by atoms with E-state index in [1.54, 1.807) is 14.2 Å². The first-order valence-corrected chi connectivity index (χ1v) is 8.00. The highest BCUT2D eigenvalue weighted by Gasteiger charge is 2.25. The zero-order valence-electron chi connectivity index (χ0n) is 14.9. The van der Waals surface area contributed by atoms with Crippen LogP contribution < -0.4 is 0 Å². The predicted octanol–water partition coefficient (Wildman–Crippen LogP) is 4.65. The van der Waals surface area contributed by atoms with Crippen LogP contribution in [0.3, 0.4) is 0 Å². The smallest absolute Gasteiger partial charge is 0.126 e. The maximum Gasteiger partial charge on any atom is 0.126 e. The molecule has 2 aromatic carbocycles. The minimum absolute atomic E-state index is 0.210.